The van der Waals surface area contributed by atoms with Gasteiger partial charge in [-0.15, -0.1) is 0 Å². The van der Waals surface area contributed by atoms with Crippen molar-refractivity contribution in [1.82, 2.24) is 0 Å². The van der Waals surface area contributed by atoms with Gasteiger partial charge in [0.2, 0.25) is 0 Å². The van der Waals surface area contributed by atoms with Crippen molar-refractivity contribution in [3.05, 3.63) is 57.5 Å². The Balaban J connectivity index is 1.80. The summed E-state index contributed by atoms with van der Waals surface area (Å²) >= 11 is 9.46. The minimum atomic E-state index is 0.569. The van der Waals surface area contributed by atoms with Gasteiger partial charge in [0.05, 0.1) is 5.02 Å². The minimum Gasteiger partial charge on any atom is -0.490 e. The largest absolute Gasteiger partial charge is 0.490 e. The maximum absolute atomic E-state index is 6.06. The molecule has 2 nitrogen and oxygen atoms in total. The summed E-state index contributed by atoms with van der Waals surface area (Å²) in [6.07, 6.45) is 0. The lowest BCUT2D eigenvalue weighted by Gasteiger charge is -2.10. The Kier molecular flexibility index (Phi) is 5.11. The van der Waals surface area contributed by atoms with E-state index in [-0.39, 0.29) is 0 Å². The molecule has 0 aromatic heterocycles. The topological polar surface area (TPSA) is 21.3 Å². The van der Waals surface area contributed by atoms with Crippen LogP contribution in [-0.4, -0.2) is 13.2 Å². The second-order valence-corrected chi connectivity index (χ2v) is 5.54. The fraction of sp³-hybridized carbons (Fsp3) is 0.200. The molecule has 100 valence electrons. The molecule has 19 heavy (non-hydrogen) atoms. The molecule has 0 bridgehead atoms. The monoisotopic (exact) mass is 339 g/mol. The van der Waals surface area contributed by atoms with Gasteiger partial charge in [0.1, 0.15) is 12.4 Å². The van der Waals surface area contributed by atoms with Crippen molar-refractivity contribution in [3.8, 4) is 5.75 Å². The fourth-order valence-electron chi connectivity index (χ4n) is 1.65. The van der Waals surface area contributed by atoms with Crippen LogP contribution in [0.25, 0.3) is 0 Å². The highest BCUT2D eigenvalue weighted by Crippen LogP contribution is 2.25. The van der Waals surface area contributed by atoms with E-state index in [4.69, 9.17) is 16.3 Å². The number of hydrogen-bond donors (Lipinski definition) is 1. The Bertz CT molecular complexity index is 542. The van der Waals surface area contributed by atoms with Crippen LogP contribution in [0.3, 0.4) is 0 Å². The summed E-state index contributed by atoms with van der Waals surface area (Å²) in [7, 11) is 0. The predicted octanol–water partition coefficient (Wildman–Crippen LogP) is 4.90. The van der Waals surface area contributed by atoms with Crippen LogP contribution in [0.4, 0.5) is 5.69 Å². The van der Waals surface area contributed by atoms with E-state index >= 15 is 0 Å². The van der Waals surface area contributed by atoms with Gasteiger partial charge in [-0.3, -0.25) is 0 Å². The molecule has 0 amide bonds. The second kappa shape index (κ2) is 6.83. The van der Waals surface area contributed by atoms with Gasteiger partial charge in [0, 0.05) is 16.7 Å². The number of halogens is 2. The Hall–Kier alpha value is -1.19. The first-order valence-corrected chi connectivity index (χ1v) is 7.20. The number of ether oxygens (including phenoxy) is 1. The van der Waals surface area contributed by atoms with Gasteiger partial charge < -0.3 is 10.1 Å². The lowest BCUT2D eigenvalue weighted by molar-refractivity contribution is 0.333. The van der Waals surface area contributed by atoms with E-state index in [2.05, 4.69) is 21.2 Å². The first-order valence-electron chi connectivity index (χ1n) is 6.03. The highest BCUT2D eigenvalue weighted by Gasteiger charge is 2.01. The quantitative estimate of drug-likeness (QED) is 0.782. The van der Waals surface area contributed by atoms with E-state index in [9.17, 15) is 0 Å². The summed E-state index contributed by atoms with van der Waals surface area (Å²) in [6, 6.07) is 13.8. The zero-order valence-electron chi connectivity index (χ0n) is 10.6. The van der Waals surface area contributed by atoms with Crippen LogP contribution in [0, 0.1) is 6.92 Å². The molecular weight excluding hydrogens is 326 g/mol. The summed E-state index contributed by atoms with van der Waals surface area (Å²) < 4.78 is 6.73. The summed E-state index contributed by atoms with van der Waals surface area (Å²) in [5, 5.41) is 3.93. The smallest absolute Gasteiger partial charge is 0.138 e. The molecule has 0 aliphatic carbocycles. The molecule has 2 rings (SSSR count). The van der Waals surface area contributed by atoms with Gasteiger partial charge in [-0.25, -0.2) is 0 Å². The first kappa shape index (κ1) is 14.2. The summed E-state index contributed by atoms with van der Waals surface area (Å²) in [5.41, 5.74) is 2.21. The number of nitrogens with one attached hydrogen (secondary N) is 1. The number of aryl methyl sites for hydroxylation is 1. The van der Waals surface area contributed by atoms with Crippen molar-refractivity contribution in [1.29, 1.82) is 0 Å². The van der Waals surface area contributed by atoms with Gasteiger partial charge in [-0.05, 0) is 48.9 Å². The van der Waals surface area contributed by atoms with Crippen LogP contribution in [0.2, 0.25) is 5.02 Å². The SMILES string of the molecule is Cc1ccc(Cl)c(OCCNc2ccc(Br)cc2)c1. The third kappa shape index (κ3) is 4.44. The van der Waals surface area contributed by atoms with Crippen molar-refractivity contribution < 1.29 is 4.74 Å². The maximum Gasteiger partial charge on any atom is 0.138 e. The Morgan fingerprint density at radius 2 is 1.89 bits per heavy atom. The highest BCUT2D eigenvalue weighted by atomic mass is 79.9. The second-order valence-electron chi connectivity index (χ2n) is 4.22. The van der Waals surface area contributed by atoms with Gasteiger partial charge in [-0.1, -0.05) is 33.6 Å². The first-order chi connectivity index (χ1) is 9.15. The molecule has 4 heteroatoms. The molecule has 2 aromatic rings. The van der Waals surface area contributed by atoms with E-state index in [0.29, 0.717) is 11.6 Å². The van der Waals surface area contributed by atoms with Crippen molar-refractivity contribution in [3.63, 3.8) is 0 Å². The molecule has 1 N–H and O–H groups in total. The van der Waals surface area contributed by atoms with Crippen molar-refractivity contribution in [2.75, 3.05) is 18.5 Å². The van der Waals surface area contributed by atoms with E-state index in [1.165, 1.54) is 0 Å². The molecule has 0 radical (unpaired) electrons. The molecule has 0 spiro atoms. The zero-order chi connectivity index (χ0) is 13.7. The average molecular weight is 341 g/mol. The number of rotatable bonds is 5. The lowest BCUT2D eigenvalue weighted by atomic mass is 10.2. The van der Waals surface area contributed by atoms with Crippen LogP contribution in [0.5, 0.6) is 5.75 Å². The van der Waals surface area contributed by atoms with Gasteiger partial charge in [-0.2, -0.15) is 0 Å². The number of hydrogen-bond acceptors (Lipinski definition) is 2. The number of benzene rings is 2. The highest BCUT2D eigenvalue weighted by molar-refractivity contribution is 9.10. The molecule has 0 aliphatic heterocycles. The molecular formula is C15H15BrClNO. The molecule has 2 aromatic carbocycles. The molecule has 0 heterocycles. The fourth-order valence-corrected chi connectivity index (χ4v) is 2.08. The van der Waals surface area contributed by atoms with Crippen molar-refractivity contribution in [2.45, 2.75) is 6.92 Å². The normalized spacial score (nSPS) is 10.3. The van der Waals surface area contributed by atoms with Gasteiger partial charge >= 0.3 is 0 Å². The Morgan fingerprint density at radius 3 is 2.63 bits per heavy atom. The third-order valence-corrected chi connectivity index (χ3v) is 3.46. The minimum absolute atomic E-state index is 0.569. The van der Waals surface area contributed by atoms with E-state index in [0.717, 1.165) is 28.0 Å². The summed E-state index contributed by atoms with van der Waals surface area (Å²) in [6.45, 7) is 3.31. The molecule has 0 aliphatic rings. The standard InChI is InChI=1S/C15H15BrClNO/c1-11-2-7-14(17)15(10-11)19-9-8-18-13-5-3-12(16)4-6-13/h2-7,10,18H,8-9H2,1H3. The van der Waals surface area contributed by atoms with Gasteiger partial charge in [0.25, 0.3) is 0 Å². The molecule has 0 saturated carbocycles. The van der Waals surface area contributed by atoms with Crippen molar-refractivity contribution >= 4 is 33.2 Å². The van der Waals surface area contributed by atoms with Crippen molar-refractivity contribution in [2.24, 2.45) is 0 Å². The van der Waals surface area contributed by atoms with Gasteiger partial charge in [0.15, 0.2) is 0 Å². The maximum atomic E-state index is 6.06. The van der Waals surface area contributed by atoms with Crippen LogP contribution in [0.1, 0.15) is 5.56 Å². The summed E-state index contributed by atoms with van der Waals surface area (Å²) in [5.74, 6) is 0.735. The summed E-state index contributed by atoms with van der Waals surface area (Å²) in [4.78, 5) is 0. The van der Waals surface area contributed by atoms with Crippen LogP contribution < -0.4 is 10.1 Å². The molecule has 0 fully saturated rings. The average Bonchev–Trinajstić information content (AvgIpc) is 2.40. The van der Waals surface area contributed by atoms with E-state index in [1.807, 2.05) is 49.4 Å². The van der Waals surface area contributed by atoms with Crippen LogP contribution >= 0.6 is 27.5 Å². The Labute approximate surface area is 126 Å². The van der Waals surface area contributed by atoms with E-state index in [1.54, 1.807) is 0 Å². The molecule has 0 atom stereocenters. The van der Waals surface area contributed by atoms with Crippen LogP contribution in [-0.2, 0) is 0 Å². The molecule has 0 unspecified atom stereocenters. The lowest BCUT2D eigenvalue weighted by Crippen LogP contribution is -2.11. The van der Waals surface area contributed by atoms with E-state index < -0.39 is 0 Å². The van der Waals surface area contributed by atoms with Crippen LogP contribution in [0.15, 0.2) is 46.9 Å². The Morgan fingerprint density at radius 1 is 1.16 bits per heavy atom. The third-order valence-electron chi connectivity index (χ3n) is 2.62. The molecule has 0 saturated heterocycles. The zero-order valence-corrected chi connectivity index (χ0v) is 13.0. The predicted molar refractivity (Wildman–Crippen MR) is 84.3 cm³/mol. The number of anilines is 1.